The number of rotatable bonds is 3. The lowest BCUT2D eigenvalue weighted by Gasteiger charge is -2.04. The Morgan fingerprint density at radius 1 is 1.10 bits per heavy atom. The van der Waals surface area contributed by atoms with E-state index in [0.29, 0.717) is 16.9 Å². The van der Waals surface area contributed by atoms with Crippen LogP contribution in [0.3, 0.4) is 0 Å². The first-order chi connectivity index (χ1) is 10.2. The van der Waals surface area contributed by atoms with Crippen molar-refractivity contribution in [3.8, 4) is 22.5 Å². The summed E-state index contributed by atoms with van der Waals surface area (Å²) in [6.45, 7) is 0. The predicted molar refractivity (Wildman–Crippen MR) is 83.5 cm³/mol. The maximum atomic E-state index is 14.0. The SMILES string of the molecule is CSc1ccc(-c2onc(N)c2-c2ccccc2F)cc1. The summed E-state index contributed by atoms with van der Waals surface area (Å²) in [4.78, 5) is 1.14. The fourth-order valence-corrected chi connectivity index (χ4v) is 2.57. The van der Waals surface area contributed by atoms with E-state index in [-0.39, 0.29) is 11.6 Å². The molecule has 2 aromatic carbocycles. The largest absolute Gasteiger partial charge is 0.380 e. The molecule has 1 heterocycles. The van der Waals surface area contributed by atoms with Crippen LogP contribution in [0.2, 0.25) is 0 Å². The molecule has 0 spiro atoms. The minimum Gasteiger partial charge on any atom is -0.380 e. The Morgan fingerprint density at radius 2 is 1.81 bits per heavy atom. The summed E-state index contributed by atoms with van der Waals surface area (Å²) in [5.74, 6) is 0.309. The van der Waals surface area contributed by atoms with Crippen LogP contribution in [0, 0.1) is 5.82 Å². The second-order valence-electron chi connectivity index (χ2n) is 4.48. The van der Waals surface area contributed by atoms with Gasteiger partial charge in [-0.25, -0.2) is 4.39 Å². The third-order valence-electron chi connectivity index (χ3n) is 3.21. The molecule has 0 aliphatic rings. The van der Waals surface area contributed by atoms with Crippen LogP contribution in [0.5, 0.6) is 0 Å². The van der Waals surface area contributed by atoms with Crippen molar-refractivity contribution >= 4 is 17.6 Å². The zero-order valence-electron chi connectivity index (χ0n) is 11.3. The Morgan fingerprint density at radius 3 is 2.48 bits per heavy atom. The van der Waals surface area contributed by atoms with Gasteiger partial charge in [-0.1, -0.05) is 23.4 Å². The number of hydrogen-bond donors (Lipinski definition) is 1. The van der Waals surface area contributed by atoms with Gasteiger partial charge in [-0.2, -0.15) is 0 Å². The first-order valence-electron chi connectivity index (χ1n) is 6.35. The average molecular weight is 300 g/mol. The van der Waals surface area contributed by atoms with E-state index in [2.05, 4.69) is 5.16 Å². The second kappa shape index (κ2) is 5.61. The van der Waals surface area contributed by atoms with Gasteiger partial charge in [-0.05, 0) is 36.6 Å². The Balaban J connectivity index is 2.15. The van der Waals surface area contributed by atoms with Crippen LogP contribution in [0.1, 0.15) is 0 Å². The van der Waals surface area contributed by atoms with Crippen molar-refractivity contribution in [3.05, 3.63) is 54.3 Å². The zero-order valence-corrected chi connectivity index (χ0v) is 12.2. The molecule has 0 saturated heterocycles. The van der Waals surface area contributed by atoms with Crippen molar-refractivity contribution < 1.29 is 8.91 Å². The van der Waals surface area contributed by atoms with E-state index < -0.39 is 0 Å². The molecule has 1 aromatic heterocycles. The second-order valence-corrected chi connectivity index (χ2v) is 5.36. The first kappa shape index (κ1) is 13.7. The van der Waals surface area contributed by atoms with Gasteiger partial charge in [0.15, 0.2) is 11.6 Å². The van der Waals surface area contributed by atoms with Crippen LogP contribution in [0.4, 0.5) is 10.2 Å². The molecular formula is C16H13FN2OS. The molecule has 0 aliphatic carbocycles. The van der Waals surface area contributed by atoms with Crippen LogP contribution in [-0.4, -0.2) is 11.4 Å². The van der Waals surface area contributed by atoms with Crippen molar-refractivity contribution in [2.24, 2.45) is 0 Å². The van der Waals surface area contributed by atoms with E-state index in [4.69, 9.17) is 10.3 Å². The van der Waals surface area contributed by atoms with Crippen molar-refractivity contribution in [1.82, 2.24) is 5.16 Å². The Kier molecular flexibility index (Phi) is 3.66. The number of hydrogen-bond acceptors (Lipinski definition) is 4. The van der Waals surface area contributed by atoms with Crippen molar-refractivity contribution in [2.75, 3.05) is 12.0 Å². The van der Waals surface area contributed by atoms with Gasteiger partial charge in [0, 0.05) is 16.0 Å². The van der Waals surface area contributed by atoms with Crippen molar-refractivity contribution in [2.45, 2.75) is 4.90 Å². The third kappa shape index (κ3) is 2.52. The van der Waals surface area contributed by atoms with Gasteiger partial charge in [0.1, 0.15) is 5.82 Å². The highest BCUT2D eigenvalue weighted by Crippen LogP contribution is 2.38. The van der Waals surface area contributed by atoms with E-state index in [9.17, 15) is 4.39 Å². The van der Waals surface area contributed by atoms with Crippen molar-refractivity contribution in [3.63, 3.8) is 0 Å². The average Bonchev–Trinajstić information content (AvgIpc) is 2.89. The molecule has 0 saturated carbocycles. The number of nitrogens with zero attached hydrogens (tertiary/aromatic N) is 1. The molecule has 106 valence electrons. The van der Waals surface area contributed by atoms with Gasteiger partial charge in [-0.15, -0.1) is 11.8 Å². The number of aromatic nitrogens is 1. The van der Waals surface area contributed by atoms with E-state index >= 15 is 0 Å². The van der Waals surface area contributed by atoms with Gasteiger partial charge in [0.05, 0.1) is 5.56 Å². The summed E-state index contributed by atoms with van der Waals surface area (Å²) in [7, 11) is 0. The van der Waals surface area contributed by atoms with Crippen LogP contribution in [0.25, 0.3) is 22.5 Å². The monoisotopic (exact) mass is 300 g/mol. The molecule has 3 nitrogen and oxygen atoms in total. The first-order valence-corrected chi connectivity index (χ1v) is 7.57. The molecule has 0 fully saturated rings. The lowest BCUT2D eigenvalue weighted by Crippen LogP contribution is -1.91. The standard InChI is InChI=1S/C16H13FN2OS/c1-21-11-8-6-10(7-9-11)15-14(16(18)19-20-15)12-4-2-3-5-13(12)17/h2-9H,1H3,(H2,18,19). The van der Waals surface area contributed by atoms with Crippen LogP contribution < -0.4 is 5.73 Å². The normalized spacial score (nSPS) is 10.8. The maximum absolute atomic E-state index is 14.0. The Labute approximate surface area is 126 Å². The van der Waals surface area contributed by atoms with E-state index in [1.807, 2.05) is 30.5 Å². The molecule has 2 N–H and O–H groups in total. The smallest absolute Gasteiger partial charge is 0.177 e. The number of nitrogen functional groups attached to an aromatic ring is 1. The van der Waals surface area contributed by atoms with Gasteiger partial charge in [-0.3, -0.25) is 0 Å². The van der Waals surface area contributed by atoms with Gasteiger partial charge >= 0.3 is 0 Å². The maximum Gasteiger partial charge on any atom is 0.177 e. The summed E-state index contributed by atoms with van der Waals surface area (Å²) in [6, 6.07) is 14.2. The minimum absolute atomic E-state index is 0.184. The topological polar surface area (TPSA) is 52.0 Å². The number of anilines is 1. The molecular weight excluding hydrogens is 287 g/mol. The fraction of sp³-hybridized carbons (Fsp3) is 0.0625. The highest BCUT2D eigenvalue weighted by molar-refractivity contribution is 7.98. The van der Waals surface area contributed by atoms with Crippen LogP contribution in [0.15, 0.2) is 57.9 Å². The van der Waals surface area contributed by atoms with Crippen LogP contribution in [-0.2, 0) is 0 Å². The summed E-state index contributed by atoms with van der Waals surface area (Å²) in [6.07, 6.45) is 2.01. The van der Waals surface area contributed by atoms with Gasteiger partial charge < -0.3 is 10.3 Å². The lowest BCUT2D eigenvalue weighted by atomic mass is 10.0. The highest BCUT2D eigenvalue weighted by Gasteiger charge is 2.20. The van der Waals surface area contributed by atoms with Gasteiger partial charge in [0.2, 0.25) is 0 Å². The van der Waals surface area contributed by atoms with E-state index in [0.717, 1.165) is 10.5 Å². The van der Waals surface area contributed by atoms with E-state index in [1.165, 1.54) is 6.07 Å². The summed E-state index contributed by atoms with van der Waals surface area (Å²) < 4.78 is 19.3. The molecule has 0 amide bonds. The quantitative estimate of drug-likeness (QED) is 0.726. The molecule has 0 radical (unpaired) electrons. The molecule has 0 atom stereocenters. The summed E-state index contributed by atoms with van der Waals surface area (Å²) >= 11 is 1.65. The van der Waals surface area contributed by atoms with E-state index in [1.54, 1.807) is 30.0 Å². The summed E-state index contributed by atoms with van der Waals surface area (Å²) in [5, 5.41) is 3.78. The number of thioether (sulfide) groups is 1. The highest BCUT2D eigenvalue weighted by atomic mass is 32.2. The Hall–Kier alpha value is -2.27. The molecule has 0 bridgehead atoms. The molecule has 0 aliphatic heterocycles. The minimum atomic E-state index is -0.352. The third-order valence-corrected chi connectivity index (χ3v) is 3.96. The van der Waals surface area contributed by atoms with Gasteiger partial charge in [0.25, 0.3) is 0 Å². The van der Waals surface area contributed by atoms with Crippen molar-refractivity contribution in [1.29, 1.82) is 0 Å². The number of benzene rings is 2. The molecule has 5 heteroatoms. The molecule has 3 aromatic rings. The summed E-state index contributed by atoms with van der Waals surface area (Å²) in [5.41, 5.74) is 7.55. The van der Waals surface area contributed by atoms with Crippen LogP contribution >= 0.6 is 11.8 Å². The lowest BCUT2D eigenvalue weighted by molar-refractivity contribution is 0.436. The number of nitrogens with two attached hydrogens (primary N) is 1. The number of halogens is 1. The molecule has 21 heavy (non-hydrogen) atoms. The predicted octanol–water partition coefficient (Wildman–Crippen LogP) is 4.45. The molecule has 3 rings (SSSR count). The molecule has 0 unspecified atom stereocenters. The fourth-order valence-electron chi connectivity index (χ4n) is 2.17. The zero-order chi connectivity index (χ0) is 14.8. The Bertz CT molecular complexity index is 768.